The second-order valence-corrected chi connectivity index (χ2v) is 9.13. The number of aryl methyl sites for hydroxylation is 2. The first kappa shape index (κ1) is 25.0. The molecule has 1 aliphatic rings. The predicted molar refractivity (Wildman–Crippen MR) is 129 cm³/mol. The van der Waals surface area contributed by atoms with Crippen molar-refractivity contribution in [1.82, 2.24) is 5.32 Å². The molecule has 1 saturated heterocycles. The molecule has 176 valence electrons. The maximum absolute atomic E-state index is 13.0. The van der Waals surface area contributed by atoms with E-state index in [1.54, 1.807) is 18.7 Å². The van der Waals surface area contributed by atoms with E-state index in [9.17, 15) is 14.4 Å². The zero-order valence-corrected chi connectivity index (χ0v) is 19.9. The lowest BCUT2D eigenvalue weighted by Crippen LogP contribution is -2.45. The Morgan fingerprint density at radius 2 is 1.82 bits per heavy atom. The average molecular weight is 470 g/mol. The minimum absolute atomic E-state index is 0.00935. The highest BCUT2D eigenvalue weighted by molar-refractivity contribution is 7.98. The maximum atomic E-state index is 13.0. The van der Waals surface area contributed by atoms with E-state index < -0.39 is 30.1 Å². The smallest absolute Gasteiger partial charge is 0.338 e. The second-order valence-electron chi connectivity index (χ2n) is 8.10. The van der Waals surface area contributed by atoms with Gasteiger partial charge in [0.2, 0.25) is 0 Å². The molecule has 2 aromatic carbocycles. The lowest BCUT2D eigenvalue weighted by atomic mass is 10.0. The zero-order valence-electron chi connectivity index (χ0n) is 19.1. The molecular formula is C26H31NO5S. The van der Waals surface area contributed by atoms with Crippen LogP contribution in [0.5, 0.6) is 0 Å². The lowest BCUT2D eigenvalue weighted by molar-refractivity contribution is -0.144. The van der Waals surface area contributed by atoms with E-state index in [1.807, 2.05) is 49.4 Å². The Morgan fingerprint density at radius 3 is 2.55 bits per heavy atom. The minimum atomic E-state index is -0.884. The van der Waals surface area contributed by atoms with Gasteiger partial charge in [0.15, 0.2) is 18.0 Å². The van der Waals surface area contributed by atoms with Crippen LogP contribution >= 0.6 is 11.8 Å². The fourth-order valence-corrected chi connectivity index (χ4v) is 4.61. The molecule has 7 heteroatoms. The van der Waals surface area contributed by atoms with Crippen molar-refractivity contribution in [2.75, 3.05) is 12.4 Å². The highest BCUT2D eigenvalue weighted by Gasteiger charge is 2.52. The molecule has 0 bridgehead atoms. The van der Waals surface area contributed by atoms with E-state index >= 15 is 0 Å². The summed E-state index contributed by atoms with van der Waals surface area (Å²) in [5.74, 6) is 0.211. The summed E-state index contributed by atoms with van der Waals surface area (Å²) in [7, 11) is 0. The molecule has 1 N–H and O–H groups in total. The molecule has 1 amide bonds. The van der Waals surface area contributed by atoms with Crippen LogP contribution in [0.1, 0.15) is 36.5 Å². The Bertz CT molecular complexity index is 949. The SMILES string of the molecule is CCOC(=O)[C@H]1O[C@@H]1C(=O)N[C@@H](CSCc1ccccc1)C(=O)CCCc1cccc(C)c1. The van der Waals surface area contributed by atoms with Crippen LogP contribution in [0, 0.1) is 6.92 Å². The first-order chi connectivity index (χ1) is 16.0. The van der Waals surface area contributed by atoms with Crippen molar-refractivity contribution in [1.29, 1.82) is 0 Å². The summed E-state index contributed by atoms with van der Waals surface area (Å²) < 4.78 is 10.1. The number of epoxide rings is 1. The van der Waals surface area contributed by atoms with Crippen LogP contribution in [0.4, 0.5) is 0 Å². The highest BCUT2D eigenvalue weighted by atomic mass is 32.2. The zero-order chi connectivity index (χ0) is 23.6. The van der Waals surface area contributed by atoms with Gasteiger partial charge < -0.3 is 14.8 Å². The summed E-state index contributed by atoms with van der Waals surface area (Å²) in [6, 6.07) is 17.6. The molecule has 0 aromatic heterocycles. The van der Waals surface area contributed by atoms with Crippen LogP contribution in [-0.4, -0.2) is 48.3 Å². The van der Waals surface area contributed by atoms with Gasteiger partial charge in [-0.2, -0.15) is 11.8 Å². The van der Waals surface area contributed by atoms with E-state index in [2.05, 4.69) is 17.4 Å². The fourth-order valence-electron chi connectivity index (χ4n) is 3.56. The Kier molecular flexibility index (Phi) is 9.51. The number of hydrogen-bond donors (Lipinski definition) is 1. The van der Waals surface area contributed by atoms with Crippen LogP contribution < -0.4 is 5.32 Å². The molecule has 0 aliphatic carbocycles. The topological polar surface area (TPSA) is 85.0 Å². The van der Waals surface area contributed by atoms with Gasteiger partial charge in [0.25, 0.3) is 5.91 Å². The van der Waals surface area contributed by atoms with Gasteiger partial charge in [-0.1, -0.05) is 60.2 Å². The van der Waals surface area contributed by atoms with Gasteiger partial charge in [0.1, 0.15) is 0 Å². The van der Waals surface area contributed by atoms with Crippen LogP contribution in [0.2, 0.25) is 0 Å². The number of amides is 1. The summed E-state index contributed by atoms with van der Waals surface area (Å²) in [5, 5.41) is 2.81. The number of Topliss-reactive ketones (excluding diaryl/α,β-unsaturated/α-hetero) is 1. The first-order valence-electron chi connectivity index (χ1n) is 11.3. The third-order valence-corrected chi connectivity index (χ3v) is 6.45. The van der Waals surface area contributed by atoms with Crippen molar-refractivity contribution < 1.29 is 23.9 Å². The van der Waals surface area contributed by atoms with Crippen LogP contribution in [0.25, 0.3) is 0 Å². The van der Waals surface area contributed by atoms with E-state index in [-0.39, 0.29) is 12.4 Å². The summed E-state index contributed by atoms with van der Waals surface area (Å²) in [4.78, 5) is 37.3. The number of carbonyl (C=O) groups excluding carboxylic acids is 3. The molecule has 3 atom stereocenters. The number of hydrogen-bond acceptors (Lipinski definition) is 6. The normalized spacial score (nSPS) is 17.8. The number of ketones is 1. The molecule has 33 heavy (non-hydrogen) atoms. The quantitative estimate of drug-likeness (QED) is 0.356. The Labute approximate surface area is 199 Å². The van der Waals surface area contributed by atoms with Crippen molar-refractivity contribution in [3.05, 3.63) is 71.3 Å². The Balaban J connectivity index is 1.53. The minimum Gasteiger partial charge on any atom is -0.464 e. The van der Waals surface area contributed by atoms with Crippen molar-refractivity contribution >= 4 is 29.4 Å². The molecule has 0 radical (unpaired) electrons. The lowest BCUT2D eigenvalue weighted by Gasteiger charge is -2.17. The molecule has 6 nitrogen and oxygen atoms in total. The van der Waals surface area contributed by atoms with Gasteiger partial charge in [-0.25, -0.2) is 4.79 Å². The molecule has 1 aliphatic heterocycles. The van der Waals surface area contributed by atoms with Gasteiger partial charge in [-0.05, 0) is 37.8 Å². The van der Waals surface area contributed by atoms with Crippen molar-refractivity contribution in [2.24, 2.45) is 0 Å². The van der Waals surface area contributed by atoms with E-state index in [0.717, 1.165) is 17.7 Å². The molecule has 0 spiro atoms. The van der Waals surface area contributed by atoms with E-state index in [1.165, 1.54) is 11.1 Å². The summed E-state index contributed by atoms with van der Waals surface area (Å²) in [6.45, 7) is 3.98. The van der Waals surface area contributed by atoms with Crippen LogP contribution in [0.15, 0.2) is 54.6 Å². The summed E-state index contributed by atoms with van der Waals surface area (Å²) in [5.41, 5.74) is 3.56. The Morgan fingerprint density at radius 1 is 1.06 bits per heavy atom. The number of esters is 1. The molecule has 2 aromatic rings. The molecule has 1 fully saturated rings. The molecule has 3 rings (SSSR count). The van der Waals surface area contributed by atoms with Gasteiger partial charge >= 0.3 is 5.97 Å². The van der Waals surface area contributed by atoms with Gasteiger partial charge in [0, 0.05) is 17.9 Å². The van der Waals surface area contributed by atoms with Crippen LogP contribution in [-0.2, 0) is 36.0 Å². The summed E-state index contributed by atoms with van der Waals surface area (Å²) >= 11 is 1.60. The van der Waals surface area contributed by atoms with Gasteiger partial charge in [0.05, 0.1) is 12.6 Å². The number of carbonyl (C=O) groups is 3. The number of rotatable bonds is 13. The number of ether oxygens (including phenoxy) is 2. The number of thioether (sulfide) groups is 1. The van der Waals surface area contributed by atoms with Crippen molar-refractivity contribution in [3.63, 3.8) is 0 Å². The maximum Gasteiger partial charge on any atom is 0.338 e. The largest absolute Gasteiger partial charge is 0.464 e. The standard InChI is InChI=1S/C26H31NO5S/c1-3-31-26(30)24-23(32-24)25(29)27-21(17-33-16-20-10-5-4-6-11-20)22(28)14-8-13-19-12-7-9-18(2)15-19/h4-7,9-12,15,21,23-24H,3,8,13-14,16-17H2,1-2H3,(H,27,29)/t21-,23-,24-/m0/s1. The van der Waals surface area contributed by atoms with Crippen LogP contribution in [0.3, 0.4) is 0 Å². The second kappa shape index (κ2) is 12.6. The summed E-state index contributed by atoms with van der Waals surface area (Å²) in [6.07, 6.45) is 0.132. The molecule has 0 unspecified atom stereocenters. The fraction of sp³-hybridized carbons (Fsp3) is 0.423. The Hall–Kier alpha value is -2.64. The first-order valence-corrected chi connectivity index (χ1v) is 12.5. The highest BCUT2D eigenvalue weighted by Crippen LogP contribution is 2.24. The number of nitrogens with one attached hydrogen (secondary N) is 1. The molecule has 0 saturated carbocycles. The van der Waals surface area contributed by atoms with Gasteiger partial charge in [-0.15, -0.1) is 0 Å². The third-order valence-electron chi connectivity index (χ3n) is 5.34. The average Bonchev–Trinajstić information content (AvgIpc) is 3.61. The third kappa shape index (κ3) is 8.02. The van der Waals surface area contributed by atoms with Crippen molar-refractivity contribution in [2.45, 2.75) is 57.1 Å². The molecule has 1 heterocycles. The van der Waals surface area contributed by atoms with Gasteiger partial charge in [-0.3, -0.25) is 9.59 Å². The van der Waals surface area contributed by atoms with E-state index in [4.69, 9.17) is 9.47 Å². The van der Waals surface area contributed by atoms with E-state index in [0.29, 0.717) is 18.6 Å². The molecular weight excluding hydrogens is 438 g/mol. The monoisotopic (exact) mass is 469 g/mol. The van der Waals surface area contributed by atoms with Crippen molar-refractivity contribution in [3.8, 4) is 0 Å². The number of benzene rings is 2. The predicted octanol–water partition coefficient (Wildman–Crippen LogP) is 3.64.